The number of aliphatic hydroxyl groups is 1. The Morgan fingerprint density at radius 3 is 2.92 bits per heavy atom. The van der Waals surface area contributed by atoms with Gasteiger partial charge in [-0.2, -0.15) is 0 Å². The summed E-state index contributed by atoms with van der Waals surface area (Å²) in [7, 11) is 0. The van der Waals surface area contributed by atoms with E-state index in [0.717, 1.165) is 43.0 Å². The average molecular weight is 345 g/mol. The van der Waals surface area contributed by atoms with Crippen molar-refractivity contribution in [2.45, 2.75) is 32.0 Å². The fraction of sp³-hybridized carbons (Fsp3) is 0.368. The quantitative estimate of drug-likeness (QED) is 0.702. The minimum absolute atomic E-state index is 0.290. The minimum Gasteiger partial charge on any atom is -0.454 e. The van der Waals surface area contributed by atoms with Crippen LogP contribution in [0.5, 0.6) is 11.5 Å². The first-order valence-electron chi connectivity index (χ1n) is 8.17. The molecular formula is C19H23NO3S. The molecule has 1 aliphatic heterocycles. The van der Waals surface area contributed by atoms with Crippen LogP contribution in [0.1, 0.15) is 23.3 Å². The third kappa shape index (κ3) is 4.60. The van der Waals surface area contributed by atoms with E-state index < -0.39 is 0 Å². The average Bonchev–Trinajstić information content (AvgIpc) is 3.23. The highest BCUT2D eigenvalue weighted by atomic mass is 32.1. The molecule has 0 radical (unpaired) electrons. The summed E-state index contributed by atoms with van der Waals surface area (Å²) in [5.41, 5.74) is 1.16. The van der Waals surface area contributed by atoms with Gasteiger partial charge in [-0.05, 0) is 42.0 Å². The van der Waals surface area contributed by atoms with Crippen LogP contribution in [0.3, 0.4) is 0 Å². The van der Waals surface area contributed by atoms with Crippen LogP contribution in [-0.2, 0) is 13.1 Å². The van der Waals surface area contributed by atoms with Gasteiger partial charge >= 0.3 is 0 Å². The number of fused-ring (bicyclic) bond motifs is 1. The van der Waals surface area contributed by atoms with Gasteiger partial charge in [0.05, 0.1) is 6.10 Å². The maximum atomic E-state index is 10.3. The molecule has 0 aliphatic carbocycles. The van der Waals surface area contributed by atoms with Gasteiger partial charge in [0.15, 0.2) is 11.5 Å². The lowest BCUT2D eigenvalue weighted by atomic mass is 10.1. The van der Waals surface area contributed by atoms with Crippen LogP contribution in [0.25, 0.3) is 0 Å². The zero-order valence-electron chi connectivity index (χ0n) is 13.7. The maximum absolute atomic E-state index is 10.3. The van der Waals surface area contributed by atoms with Gasteiger partial charge in [0.2, 0.25) is 6.79 Å². The summed E-state index contributed by atoms with van der Waals surface area (Å²) in [6.07, 6.45) is 3.07. The molecule has 1 aromatic heterocycles. The molecule has 2 heterocycles. The number of thiophene rings is 1. The molecule has 0 saturated carbocycles. The van der Waals surface area contributed by atoms with Crippen molar-refractivity contribution in [2.24, 2.45) is 0 Å². The summed E-state index contributed by atoms with van der Waals surface area (Å²) >= 11 is 1.74. The minimum atomic E-state index is -0.350. The molecule has 128 valence electrons. The molecule has 1 aromatic carbocycles. The van der Waals surface area contributed by atoms with Crippen molar-refractivity contribution in [3.63, 3.8) is 0 Å². The molecule has 5 heteroatoms. The van der Waals surface area contributed by atoms with E-state index in [4.69, 9.17) is 9.47 Å². The van der Waals surface area contributed by atoms with E-state index in [1.54, 1.807) is 11.3 Å². The first-order valence-corrected chi connectivity index (χ1v) is 9.05. The summed E-state index contributed by atoms with van der Waals surface area (Å²) in [5, 5.41) is 12.4. The van der Waals surface area contributed by atoms with Crippen LogP contribution in [0.2, 0.25) is 0 Å². The van der Waals surface area contributed by atoms with Crippen molar-refractivity contribution in [1.82, 2.24) is 4.90 Å². The van der Waals surface area contributed by atoms with Gasteiger partial charge < -0.3 is 14.6 Å². The van der Waals surface area contributed by atoms with E-state index >= 15 is 0 Å². The third-order valence-electron chi connectivity index (χ3n) is 3.98. The monoisotopic (exact) mass is 345 g/mol. The Kier molecular flexibility index (Phi) is 5.91. The lowest BCUT2D eigenvalue weighted by Gasteiger charge is -2.24. The van der Waals surface area contributed by atoms with Crippen molar-refractivity contribution in [2.75, 3.05) is 13.3 Å². The van der Waals surface area contributed by atoms with E-state index in [-0.39, 0.29) is 12.9 Å². The third-order valence-corrected chi connectivity index (χ3v) is 4.84. The number of rotatable bonds is 9. The summed E-state index contributed by atoms with van der Waals surface area (Å²) in [4.78, 5) is 3.57. The molecule has 2 aromatic rings. The van der Waals surface area contributed by atoms with Crippen LogP contribution in [0.4, 0.5) is 0 Å². The molecule has 1 N–H and O–H groups in total. The lowest BCUT2D eigenvalue weighted by Crippen LogP contribution is -2.31. The van der Waals surface area contributed by atoms with Crippen LogP contribution < -0.4 is 9.47 Å². The van der Waals surface area contributed by atoms with Crippen LogP contribution in [0, 0.1) is 0 Å². The smallest absolute Gasteiger partial charge is 0.231 e. The van der Waals surface area contributed by atoms with Crippen LogP contribution >= 0.6 is 11.3 Å². The number of hydrogen-bond donors (Lipinski definition) is 1. The largest absolute Gasteiger partial charge is 0.454 e. The van der Waals surface area contributed by atoms with Crippen molar-refractivity contribution in [1.29, 1.82) is 0 Å². The molecule has 0 bridgehead atoms. The SMILES string of the molecule is C=CCCC(O)CN(Cc1ccc2c(c1)OCO2)Cc1cccs1. The number of aliphatic hydroxyl groups excluding tert-OH is 1. The van der Waals surface area contributed by atoms with E-state index in [1.807, 2.05) is 18.2 Å². The van der Waals surface area contributed by atoms with Gasteiger partial charge in [-0.1, -0.05) is 18.2 Å². The Bertz CT molecular complexity index is 657. The lowest BCUT2D eigenvalue weighted by molar-refractivity contribution is 0.0989. The van der Waals surface area contributed by atoms with E-state index in [2.05, 4.69) is 35.1 Å². The molecule has 0 fully saturated rings. The van der Waals surface area contributed by atoms with Crippen molar-refractivity contribution >= 4 is 11.3 Å². The topological polar surface area (TPSA) is 41.9 Å². The Balaban J connectivity index is 1.67. The molecule has 0 amide bonds. The number of allylic oxidation sites excluding steroid dienone is 1. The van der Waals surface area contributed by atoms with Gasteiger partial charge in [0.1, 0.15) is 0 Å². The highest BCUT2D eigenvalue weighted by molar-refractivity contribution is 7.09. The maximum Gasteiger partial charge on any atom is 0.231 e. The fourth-order valence-electron chi connectivity index (χ4n) is 2.81. The zero-order chi connectivity index (χ0) is 16.8. The number of ether oxygens (including phenoxy) is 2. The Hall–Kier alpha value is -1.82. The Labute approximate surface area is 146 Å². The first kappa shape index (κ1) is 17.0. The molecule has 4 nitrogen and oxygen atoms in total. The van der Waals surface area contributed by atoms with E-state index in [9.17, 15) is 5.11 Å². The summed E-state index contributed by atoms with van der Waals surface area (Å²) in [5.74, 6) is 1.60. The van der Waals surface area contributed by atoms with Crippen LogP contribution in [-0.4, -0.2) is 29.4 Å². The van der Waals surface area contributed by atoms with Crippen molar-refractivity contribution in [3.8, 4) is 11.5 Å². The fourth-order valence-corrected chi connectivity index (χ4v) is 3.55. The summed E-state index contributed by atoms with van der Waals surface area (Å²) < 4.78 is 10.8. The van der Waals surface area contributed by atoms with Crippen molar-refractivity contribution in [3.05, 3.63) is 58.8 Å². The van der Waals surface area contributed by atoms with Crippen LogP contribution in [0.15, 0.2) is 48.4 Å². The van der Waals surface area contributed by atoms with E-state index in [0.29, 0.717) is 6.54 Å². The molecule has 3 rings (SSSR count). The molecular weight excluding hydrogens is 322 g/mol. The Morgan fingerprint density at radius 2 is 2.12 bits per heavy atom. The molecule has 1 atom stereocenters. The van der Waals surface area contributed by atoms with Gasteiger partial charge in [0, 0.05) is 24.5 Å². The predicted molar refractivity (Wildman–Crippen MR) is 96.4 cm³/mol. The van der Waals surface area contributed by atoms with Gasteiger partial charge in [-0.3, -0.25) is 4.90 Å². The summed E-state index contributed by atoms with van der Waals surface area (Å²) in [6.45, 7) is 6.25. The number of benzene rings is 1. The number of nitrogens with zero attached hydrogens (tertiary/aromatic N) is 1. The van der Waals surface area contributed by atoms with Gasteiger partial charge in [-0.25, -0.2) is 0 Å². The molecule has 1 unspecified atom stereocenters. The van der Waals surface area contributed by atoms with Crippen molar-refractivity contribution < 1.29 is 14.6 Å². The highest BCUT2D eigenvalue weighted by Gasteiger charge is 2.17. The standard InChI is InChI=1S/C19H23NO3S/c1-2-3-5-16(21)12-20(13-17-6-4-9-24-17)11-15-7-8-18-19(10-15)23-14-22-18/h2,4,6-10,16,21H,1,3,5,11-14H2. The second kappa shape index (κ2) is 8.33. The predicted octanol–water partition coefficient (Wildman–Crippen LogP) is 3.81. The second-order valence-corrected chi connectivity index (χ2v) is 6.99. The first-order chi connectivity index (χ1) is 11.7. The number of hydrogen-bond acceptors (Lipinski definition) is 5. The highest BCUT2D eigenvalue weighted by Crippen LogP contribution is 2.33. The van der Waals surface area contributed by atoms with E-state index in [1.165, 1.54) is 4.88 Å². The van der Waals surface area contributed by atoms with Gasteiger partial charge in [0.25, 0.3) is 0 Å². The molecule has 24 heavy (non-hydrogen) atoms. The van der Waals surface area contributed by atoms with Gasteiger partial charge in [-0.15, -0.1) is 17.9 Å². The zero-order valence-corrected chi connectivity index (χ0v) is 14.5. The normalized spacial score (nSPS) is 14.1. The molecule has 1 aliphatic rings. The molecule has 0 saturated heterocycles. The Morgan fingerprint density at radius 1 is 1.25 bits per heavy atom. The second-order valence-electron chi connectivity index (χ2n) is 5.96. The molecule has 0 spiro atoms. The summed E-state index contributed by atoms with van der Waals surface area (Å²) in [6, 6.07) is 10.2.